The monoisotopic (exact) mass is 447 g/mol. The molecular weight excluding hydrogens is 398 g/mol. The third kappa shape index (κ3) is 17.2. The van der Waals surface area contributed by atoms with Gasteiger partial charge in [-0.1, -0.05) is 102 Å². The Balaban J connectivity index is 1.97. The van der Waals surface area contributed by atoms with E-state index in [1.807, 2.05) is 0 Å². The summed E-state index contributed by atoms with van der Waals surface area (Å²) in [5.41, 5.74) is 2.65. The number of carbonyl (C=O) groups excluding carboxylic acids is 1. The average molecular weight is 448 g/mol. The van der Waals surface area contributed by atoms with Crippen LogP contribution in [-0.4, -0.2) is 39.4 Å². The molecule has 1 N–H and O–H groups in total. The molecule has 0 unspecified atom stereocenters. The molecule has 0 atom stereocenters. The Labute approximate surface area is 197 Å². The Morgan fingerprint density at radius 2 is 1.25 bits per heavy atom. The molecule has 4 nitrogen and oxygen atoms in total. The van der Waals surface area contributed by atoms with Gasteiger partial charge in [-0.25, -0.2) is 0 Å². The van der Waals surface area contributed by atoms with Crippen molar-refractivity contribution in [2.45, 2.75) is 103 Å². The maximum atomic E-state index is 11.9. The van der Waals surface area contributed by atoms with E-state index in [2.05, 4.69) is 36.5 Å². The van der Waals surface area contributed by atoms with Gasteiger partial charge in [-0.3, -0.25) is 4.79 Å². The molecule has 1 aromatic carbocycles. The zero-order chi connectivity index (χ0) is 23.1. The van der Waals surface area contributed by atoms with E-state index < -0.39 is 0 Å². The highest BCUT2D eigenvalue weighted by Gasteiger charge is 2.03. The van der Waals surface area contributed by atoms with Crippen LogP contribution in [-0.2, 0) is 27.1 Å². The Bertz CT molecular complexity index is 544. The fourth-order valence-electron chi connectivity index (χ4n) is 3.90. The standard InChI is InChI=1S/C28H49NO3/c1-3-4-5-6-7-8-9-10-11-12-13-14-15-26-16-18-27(19-17-26)20-21-28(30)29-22-23-32-25-24-31-2/h16-19H,3-15,20-25H2,1-2H3,(H,29,30). The smallest absolute Gasteiger partial charge is 0.220 e. The van der Waals surface area contributed by atoms with Crippen LogP contribution in [0.4, 0.5) is 0 Å². The zero-order valence-corrected chi connectivity index (χ0v) is 21.0. The van der Waals surface area contributed by atoms with E-state index >= 15 is 0 Å². The van der Waals surface area contributed by atoms with E-state index in [4.69, 9.17) is 9.47 Å². The van der Waals surface area contributed by atoms with Gasteiger partial charge in [0.2, 0.25) is 5.91 Å². The molecule has 0 aliphatic heterocycles. The first-order chi connectivity index (χ1) is 15.8. The van der Waals surface area contributed by atoms with E-state index in [-0.39, 0.29) is 5.91 Å². The third-order valence-electron chi connectivity index (χ3n) is 5.98. The van der Waals surface area contributed by atoms with Gasteiger partial charge in [-0.05, 0) is 30.4 Å². The predicted molar refractivity (Wildman–Crippen MR) is 135 cm³/mol. The first-order valence-corrected chi connectivity index (χ1v) is 13.2. The Kier molecular flexibility index (Phi) is 19.2. The fraction of sp³-hybridized carbons (Fsp3) is 0.750. The fourth-order valence-corrected chi connectivity index (χ4v) is 3.90. The molecule has 0 aliphatic rings. The van der Waals surface area contributed by atoms with Crippen LogP contribution in [0.1, 0.15) is 102 Å². The minimum atomic E-state index is 0.0842. The van der Waals surface area contributed by atoms with Gasteiger partial charge in [0.1, 0.15) is 0 Å². The van der Waals surface area contributed by atoms with Crippen LogP contribution >= 0.6 is 0 Å². The van der Waals surface area contributed by atoms with Gasteiger partial charge in [0.15, 0.2) is 0 Å². The molecule has 184 valence electrons. The van der Waals surface area contributed by atoms with Crippen LogP contribution in [0.15, 0.2) is 24.3 Å². The van der Waals surface area contributed by atoms with Crippen LogP contribution in [0.25, 0.3) is 0 Å². The van der Waals surface area contributed by atoms with Crippen molar-refractivity contribution in [3.8, 4) is 0 Å². The summed E-state index contributed by atoms with van der Waals surface area (Å²) in [4.78, 5) is 11.9. The van der Waals surface area contributed by atoms with Crippen molar-refractivity contribution in [2.75, 3.05) is 33.5 Å². The lowest BCUT2D eigenvalue weighted by Gasteiger charge is -2.07. The molecule has 0 fully saturated rings. The summed E-state index contributed by atoms with van der Waals surface area (Å²) in [6.07, 6.45) is 19.2. The van der Waals surface area contributed by atoms with E-state index in [1.165, 1.54) is 94.6 Å². The second kappa shape index (κ2) is 21.5. The second-order valence-corrected chi connectivity index (χ2v) is 8.91. The summed E-state index contributed by atoms with van der Waals surface area (Å²) in [5, 5.41) is 2.90. The number of nitrogens with one attached hydrogen (secondary N) is 1. The number of unbranched alkanes of at least 4 members (excludes halogenated alkanes) is 11. The molecule has 32 heavy (non-hydrogen) atoms. The molecule has 0 aromatic heterocycles. The summed E-state index contributed by atoms with van der Waals surface area (Å²) in [6, 6.07) is 8.82. The number of aryl methyl sites for hydroxylation is 2. The molecule has 0 saturated carbocycles. The van der Waals surface area contributed by atoms with Crippen LogP contribution in [0, 0.1) is 0 Å². The van der Waals surface area contributed by atoms with Crippen LogP contribution in [0.3, 0.4) is 0 Å². The molecular formula is C28H49NO3. The van der Waals surface area contributed by atoms with Crippen molar-refractivity contribution < 1.29 is 14.3 Å². The largest absolute Gasteiger partial charge is 0.382 e. The number of hydrogen-bond donors (Lipinski definition) is 1. The molecule has 0 aliphatic carbocycles. The Morgan fingerprint density at radius 1 is 0.719 bits per heavy atom. The molecule has 0 heterocycles. The van der Waals surface area contributed by atoms with Crippen molar-refractivity contribution in [1.82, 2.24) is 5.32 Å². The van der Waals surface area contributed by atoms with Gasteiger partial charge in [0.25, 0.3) is 0 Å². The van der Waals surface area contributed by atoms with E-state index in [0.717, 1.165) is 6.42 Å². The third-order valence-corrected chi connectivity index (χ3v) is 5.98. The minimum absolute atomic E-state index is 0.0842. The highest BCUT2D eigenvalue weighted by molar-refractivity contribution is 5.76. The van der Waals surface area contributed by atoms with Crippen molar-refractivity contribution in [3.63, 3.8) is 0 Å². The van der Waals surface area contributed by atoms with Gasteiger partial charge >= 0.3 is 0 Å². The number of ether oxygens (including phenoxy) is 2. The zero-order valence-electron chi connectivity index (χ0n) is 21.0. The normalized spacial score (nSPS) is 11.1. The van der Waals surface area contributed by atoms with Crippen LogP contribution < -0.4 is 5.32 Å². The highest BCUT2D eigenvalue weighted by Crippen LogP contribution is 2.14. The van der Waals surface area contributed by atoms with Gasteiger partial charge < -0.3 is 14.8 Å². The number of hydrogen-bond acceptors (Lipinski definition) is 3. The molecule has 0 bridgehead atoms. The summed E-state index contributed by atoms with van der Waals surface area (Å²) in [5.74, 6) is 0.0842. The SMILES string of the molecule is CCCCCCCCCCCCCCc1ccc(CCC(=O)NCCOCCOC)cc1. The van der Waals surface area contributed by atoms with E-state index in [9.17, 15) is 4.79 Å². The molecule has 1 rings (SSSR count). The topological polar surface area (TPSA) is 47.6 Å². The van der Waals surface area contributed by atoms with Gasteiger partial charge in [0, 0.05) is 20.1 Å². The molecule has 4 heteroatoms. The first-order valence-electron chi connectivity index (χ1n) is 13.2. The van der Waals surface area contributed by atoms with Crippen molar-refractivity contribution >= 4 is 5.91 Å². The summed E-state index contributed by atoms with van der Waals surface area (Å²) >= 11 is 0. The lowest BCUT2D eigenvalue weighted by molar-refractivity contribution is -0.121. The quantitative estimate of drug-likeness (QED) is 0.203. The number of amides is 1. The highest BCUT2D eigenvalue weighted by atomic mass is 16.5. The van der Waals surface area contributed by atoms with Gasteiger partial charge in [-0.2, -0.15) is 0 Å². The number of carbonyl (C=O) groups is 1. The predicted octanol–water partition coefficient (Wildman–Crippen LogP) is 6.64. The first kappa shape index (κ1) is 28.6. The van der Waals surface area contributed by atoms with Crippen molar-refractivity contribution in [3.05, 3.63) is 35.4 Å². The Hall–Kier alpha value is -1.39. The molecule has 1 aromatic rings. The lowest BCUT2D eigenvalue weighted by Crippen LogP contribution is -2.27. The summed E-state index contributed by atoms with van der Waals surface area (Å²) in [7, 11) is 1.65. The number of rotatable bonds is 22. The van der Waals surface area contributed by atoms with Crippen molar-refractivity contribution in [2.24, 2.45) is 0 Å². The minimum Gasteiger partial charge on any atom is -0.382 e. The maximum absolute atomic E-state index is 11.9. The van der Waals surface area contributed by atoms with E-state index in [0.29, 0.717) is 32.8 Å². The maximum Gasteiger partial charge on any atom is 0.220 e. The van der Waals surface area contributed by atoms with E-state index in [1.54, 1.807) is 7.11 Å². The number of benzene rings is 1. The van der Waals surface area contributed by atoms with Gasteiger partial charge in [0.05, 0.1) is 19.8 Å². The second-order valence-electron chi connectivity index (χ2n) is 8.91. The number of methoxy groups -OCH3 is 1. The molecule has 1 amide bonds. The summed E-state index contributed by atoms with van der Waals surface area (Å²) in [6.45, 7) is 4.52. The average Bonchev–Trinajstić information content (AvgIpc) is 2.81. The molecule has 0 spiro atoms. The molecule has 0 saturated heterocycles. The Morgan fingerprint density at radius 3 is 1.81 bits per heavy atom. The summed E-state index contributed by atoms with van der Waals surface area (Å²) < 4.78 is 10.3. The molecule has 0 radical (unpaired) electrons. The van der Waals surface area contributed by atoms with Crippen LogP contribution in [0.2, 0.25) is 0 Å². The van der Waals surface area contributed by atoms with Gasteiger partial charge in [-0.15, -0.1) is 0 Å². The van der Waals surface area contributed by atoms with Crippen molar-refractivity contribution in [1.29, 1.82) is 0 Å². The lowest BCUT2D eigenvalue weighted by atomic mass is 10.0. The van der Waals surface area contributed by atoms with Crippen LogP contribution in [0.5, 0.6) is 0 Å².